The average molecular weight is 628 g/mol. The van der Waals surface area contributed by atoms with Crippen molar-refractivity contribution in [2.75, 3.05) is 10.6 Å². The molecule has 0 radical (unpaired) electrons. The summed E-state index contributed by atoms with van der Waals surface area (Å²) in [6.07, 6.45) is 3.07. The fourth-order valence-corrected chi connectivity index (χ4v) is 7.88. The van der Waals surface area contributed by atoms with Crippen molar-refractivity contribution in [2.45, 2.75) is 56.6 Å². The summed E-state index contributed by atoms with van der Waals surface area (Å²) in [6.45, 7) is 6.81. The van der Waals surface area contributed by atoms with E-state index in [9.17, 15) is 14.9 Å². The number of halogens is 1. The lowest BCUT2D eigenvalue weighted by molar-refractivity contribution is -0.116. The largest absolute Gasteiger partial charge is 0.326 e. The van der Waals surface area contributed by atoms with Crippen molar-refractivity contribution >= 4 is 57.2 Å². The van der Waals surface area contributed by atoms with Gasteiger partial charge in [0.15, 0.2) is 0 Å². The van der Waals surface area contributed by atoms with Crippen LogP contribution in [0.3, 0.4) is 0 Å². The predicted molar refractivity (Wildman–Crippen MR) is 178 cm³/mol. The SMILES string of the molecule is CC(C)(C)C1CCc2c(sc(NC(=O)C(Sc3cccc(NC(=O)Cc4ccc(Cl)cc4)c3)c3ccccc3)c2C#N)C1. The number of thioether (sulfide) groups is 1. The fourth-order valence-electron chi connectivity index (χ4n) is 5.39. The van der Waals surface area contributed by atoms with E-state index in [1.54, 1.807) is 23.5 Å². The van der Waals surface area contributed by atoms with E-state index in [-0.39, 0.29) is 23.7 Å². The zero-order valence-corrected chi connectivity index (χ0v) is 26.8. The highest BCUT2D eigenvalue weighted by atomic mass is 35.5. The summed E-state index contributed by atoms with van der Waals surface area (Å²) in [4.78, 5) is 28.7. The summed E-state index contributed by atoms with van der Waals surface area (Å²) >= 11 is 8.92. The Morgan fingerprint density at radius 2 is 1.79 bits per heavy atom. The smallest absolute Gasteiger partial charge is 0.243 e. The molecule has 0 fully saturated rings. The van der Waals surface area contributed by atoms with E-state index in [1.807, 2.05) is 66.7 Å². The number of nitrogens with zero attached hydrogens (tertiary/aromatic N) is 1. The van der Waals surface area contributed by atoms with Gasteiger partial charge in [0.2, 0.25) is 11.8 Å². The lowest BCUT2D eigenvalue weighted by atomic mass is 9.72. The molecule has 1 aliphatic carbocycles. The minimum atomic E-state index is -0.561. The maximum atomic E-state index is 13.9. The maximum Gasteiger partial charge on any atom is 0.243 e. The van der Waals surface area contributed by atoms with E-state index in [1.165, 1.54) is 16.6 Å². The van der Waals surface area contributed by atoms with Crippen molar-refractivity contribution in [3.63, 3.8) is 0 Å². The molecule has 0 saturated carbocycles. The molecule has 5 rings (SSSR count). The van der Waals surface area contributed by atoms with Gasteiger partial charge in [0.05, 0.1) is 12.0 Å². The molecule has 1 aliphatic rings. The molecule has 2 unspecified atom stereocenters. The molecule has 3 aromatic carbocycles. The summed E-state index contributed by atoms with van der Waals surface area (Å²) in [5, 5.41) is 16.9. The van der Waals surface area contributed by atoms with E-state index in [0.717, 1.165) is 40.8 Å². The first kappa shape index (κ1) is 30.9. The Balaban J connectivity index is 1.34. The molecule has 0 bridgehead atoms. The van der Waals surface area contributed by atoms with Gasteiger partial charge in [-0.2, -0.15) is 5.26 Å². The quantitative estimate of drug-likeness (QED) is 0.191. The van der Waals surface area contributed by atoms with Gasteiger partial charge in [-0.3, -0.25) is 9.59 Å². The second kappa shape index (κ2) is 13.4. The van der Waals surface area contributed by atoms with Gasteiger partial charge in [-0.1, -0.05) is 80.9 Å². The third-order valence-electron chi connectivity index (χ3n) is 7.83. The number of nitriles is 1. The van der Waals surface area contributed by atoms with Crippen LogP contribution in [-0.2, 0) is 28.9 Å². The second-order valence-corrected chi connectivity index (χ2v) is 14.6. The van der Waals surface area contributed by atoms with Crippen LogP contribution in [0.25, 0.3) is 0 Å². The van der Waals surface area contributed by atoms with Gasteiger partial charge in [0.1, 0.15) is 16.3 Å². The molecule has 43 heavy (non-hydrogen) atoms. The van der Waals surface area contributed by atoms with E-state index in [4.69, 9.17) is 11.6 Å². The van der Waals surface area contributed by atoms with Crippen molar-refractivity contribution in [2.24, 2.45) is 11.3 Å². The number of hydrogen-bond donors (Lipinski definition) is 2. The number of thiophene rings is 1. The molecular formula is C35H34ClN3O2S2. The molecule has 0 saturated heterocycles. The van der Waals surface area contributed by atoms with Crippen molar-refractivity contribution in [3.8, 4) is 6.07 Å². The summed E-state index contributed by atoms with van der Waals surface area (Å²) in [5.74, 6) is 0.220. The monoisotopic (exact) mass is 627 g/mol. The summed E-state index contributed by atoms with van der Waals surface area (Å²) in [7, 11) is 0. The Bertz CT molecular complexity index is 1650. The highest BCUT2D eigenvalue weighted by Gasteiger charge is 2.33. The zero-order valence-electron chi connectivity index (χ0n) is 24.4. The number of amides is 2. The van der Waals surface area contributed by atoms with Gasteiger partial charge in [0, 0.05) is 20.5 Å². The van der Waals surface area contributed by atoms with Crippen molar-refractivity contribution in [1.29, 1.82) is 5.26 Å². The molecule has 2 amide bonds. The van der Waals surface area contributed by atoms with Gasteiger partial charge >= 0.3 is 0 Å². The molecule has 220 valence electrons. The highest BCUT2D eigenvalue weighted by Crippen LogP contribution is 2.45. The summed E-state index contributed by atoms with van der Waals surface area (Å²) in [5.41, 5.74) is 4.26. The Labute approximate surface area is 266 Å². The molecule has 2 N–H and O–H groups in total. The minimum Gasteiger partial charge on any atom is -0.326 e. The molecule has 0 spiro atoms. The number of fused-ring (bicyclic) bond motifs is 1. The van der Waals surface area contributed by atoms with Crippen LogP contribution in [0.1, 0.15) is 59.6 Å². The second-order valence-electron chi connectivity index (χ2n) is 11.9. The van der Waals surface area contributed by atoms with Crippen LogP contribution in [-0.4, -0.2) is 11.8 Å². The molecule has 5 nitrogen and oxygen atoms in total. The third kappa shape index (κ3) is 7.69. The van der Waals surface area contributed by atoms with Crippen LogP contribution in [0.5, 0.6) is 0 Å². The van der Waals surface area contributed by atoms with Crippen molar-refractivity contribution < 1.29 is 9.59 Å². The first-order valence-electron chi connectivity index (χ1n) is 14.3. The van der Waals surface area contributed by atoms with E-state index in [2.05, 4.69) is 37.5 Å². The minimum absolute atomic E-state index is 0.138. The van der Waals surface area contributed by atoms with Gasteiger partial charge in [-0.25, -0.2) is 0 Å². The standard InChI is InChI=1S/C35H34ClN3O2S2/c1-35(2,3)24-14-17-28-29(21-37)34(43-30(28)19-24)39-33(41)32(23-8-5-4-6-9-23)42-27-11-7-10-26(20-27)38-31(40)18-22-12-15-25(36)16-13-22/h4-13,15-16,20,24,32H,14,17-19H2,1-3H3,(H,38,40)(H,39,41). The molecule has 0 aliphatic heterocycles. The van der Waals surface area contributed by atoms with Crippen molar-refractivity contribution in [1.82, 2.24) is 0 Å². The van der Waals surface area contributed by atoms with Crippen LogP contribution in [0.15, 0.2) is 83.8 Å². The Morgan fingerprint density at radius 1 is 1.05 bits per heavy atom. The number of anilines is 2. The van der Waals surface area contributed by atoms with Crippen LogP contribution >= 0.6 is 34.7 Å². The molecule has 2 atom stereocenters. The number of benzene rings is 3. The molecule has 1 aromatic heterocycles. The normalized spacial score (nSPS) is 15.2. The first-order valence-corrected chi connectivity index (χ1v) is 16.4. The van der Waals surface area contributed by atoms with Crippen LogP contribution in [0, 0.1) is 22.7 Å². The van der Waals surface area contributed by atoms with Crippen LogP contribution in [0.4, 0.5) is 10.7 Å². The third-order valence-corrected chi connectivity index (χ3v) is 10.5. The molecular weight excluding hydrogens is 594 g/mol. The van der Waals surface area contributed by atoms with Gasteiger partial charge < -0.3 is 10.6 Å². The number of carbonyl (C=O) groups is 2. The lowest BCUT2D eigenvalue weighted by Gasteiger charge is -2.33. The van der Waals surface area contributed by atoms with E-state index in [0.29, 0.717) is 27.2 Å². The zero-order chi connectivity index (χ0) is 30.6. The topological polar surface area (TPSA) is 82.0 Å². The van der Waals surface area contributed by atoms with Gasteiger partial charge in [-0.05, 0) is 77.6 Å². The van der Waals surface area contributed by atoms with E-state index >= 15 is 0 Å². The molecule has 1 heterocycles. The summed E-state index contributed by atoms with van der Waals surface area (Å²) in [6, 6.07) is 26.7. The van der Waals surface area contributed by atoms with Crippen LogP contribution < -0.4 is 10.6 Å². The Kier molecular flexibility index (Phi) is 9.61. The van der Waals surface area contributed by atoms with E-state index < -0.39 is 5.25 Å². The number of rotatable bonds is 8. The van der Waals surface area contributed by atoms with Gasteiger partial charge in [-0.15, -0.1) is 23.1 Å². The predicted octanol–water partition coefficient (Wildman–Crippen LogP) is 9.08. The van der Waals surface area contributed by atoms with Crippen molar-refractivity contribution in [3.05, 3.63) is 111 Å². The van der Waals surface area contributed by atoms with Crippen LogP contribution in [0.2, 0.25) is 5.02 Å². The number of carbonyl (C=O) groups excluding carboxylic acids is 2. The lowest BCUT2D eigenvalue weighted by Crippen LogP contribution is -2.26. The first-order chi connectivity index (χ1) is 20.6. The molecule has 8 heteroatoms. The highest BCUT2D eigenvalue weighted by molar-refractivity contribution is 8.00. The molecule has 4 aromatic rings. The number of nitrogens with one attached hydrogen (secondary N) is 2. The van der Waals surface area contributed by atoms with Gasteiger partial charge in [0.25, 0.3) is 0 Å². The maximum absolute atomic E-state index is 13.9. The summed E-state index contributed by atoms with van der Waals surface area (Å²) < 4.78 is 0. The Morgan fingerprint density at radius 3 is 2.49 bits per heavy atom. The average Bonchev–Trinajstić information content (AvgIpc) is 3.33. The number of hydrogen-bond acceptors (Lipinski definition) is 5. The fraction of sp³-hybridized carbons (Fsp3) is 0.286. The Hall–Kier alpha value is -3.57.